The maximum Gasteiger partial charge on any atom is 0.322 e. The molecule has 6 nitrogen and oxygen atoms in total. The zero-order chi connectivity index (χ0) is 21.4. The van der Waals surface area contributed by atoms with E-state index in [1.165, 1.54) is 19.3 Å². The summed E-state index contributed by atoms with van der Waals surface area (Å²) in [5.41, 5.74) is 0.947. The molecule has 31 heavy (non-hydrogen) atoms. The first-order valence-corrected chi connectivity index (χ1v) is 11.6. The molecule has 0 spiro atoms. The minimum atomic E-state index is -0.447. The van der Waals surface area contributed by atoms with Crippen LogP contribution in [0.2, 0.25) is 0 Å². The minimum Gasteiger partial charge on any atom is -0.463 e. The molecule has 1 aromatic heterocycles. The summed E-state index contributed by atoms with van der Waals surface area (Å²) in [5, 5.41) is 7.77. The number of benzene rings is 1. The van der Waals surface area contributed by atoms with Crippen LogP contribution in [0.5, 0.6) is 0 Å². The molecular formula is C25H32N3O3+. The second kappa shape index (κ2) is 8.15. The van der Waals surface area contributed by atoms with E-state index in [2.05, 4.69) is 10.6 Å². The van der Waals surface area contributed by atoms with Gasteiger partial charge in [-0.05, 0) is 75.3 Å². The summed E-state index contributed by atoms with van der Waals surface area (Å²) >= 11 is 0. The monoisotopic (exact) mass is 422 g/mol. The van der Waals surface area contributed by atoms with Gasteiger partial charge in [-0.25, -0.2) is 4.79 Å². The summed E-state index contributed by atoms with van der Waals surface area (Å²) in [6.07, 6.45) is 8.80. The van der Waals surface area contributed by atoms with E-state index in [1.54, 1.807) is 6.26 Å². The Morgan fingerprint density at radius 1 is 1.00 bits per heavy atom. The molecule has 0 radical (unpaired) electrons. The van der Waals surface area contributed by atoms with Crippen molar-refractivity contribution in [2.75, 3.05) is 0 Å². The molecule has 2 atom stereocenters. The summed E-state index contributed by atoms with van der Waals surface area (Å²) < 4.78 is 5.63. The maximum absolute atomic E-state index is 12.8. The average molecular weight is 423 g/mol. The Morgan fingerprint density at radius 3 is 2.23 bits per heavy atom. The van der Waals surface area contributed by atoms with Crippen molar-refractivity contribution in [3.8, 4) is 0 Å². The normalized spacial score (nSPS) is 30.5. The van der Waals surface area contributed by atoms with Crippen LogP contribution in [0.4, 0.5) is 4.79 Å². The largest absolute Gasteiger partial charge is 0.463 e. The van der Waals surface area contributed by atoms with E-state index in [4.69, 9.17) is 4.42 Å². The predicted molar refractivity (Wildman–Crippen MR) is 116 cm³/mol. The average Bonchev–Trinajstić information content (AvgIpc) is 3.25. The van der Waals surface area contributed by atoms with E-state index < -0.39 is 6.04 Å². The third-order valence-corrected chi connectivity index (χ3v) is 7.56. The van der Waals surface area contributed by atoms with E-state index in [-0.39, 0.29) is 23.5 Å². The molecule has 6 rings (SSSR count). The van der Waals surface area contributed by atoms with Crippen molar-refractivity contribution in [2.45, 2.75) is 63.1 Å². The number of nitrogens with one attached hydrogen (secondary N) is 2. The standard InChI is InChI=1S/C25H31N3O3/c1-16(26-22(21-8-5-9-31-21)20-6-3-2-4-7-20)23(29)27-24(30)28-25-13-17-10-18(14-25)12-19(11-17)15-25/h2-9,16-19,22,26H,10-15H2,1H3,(H2,27,28,29,30)/p+1/t16-,17?,18?,19?,22-,25?/m0/s1. The van der Waals surface area contributed by atoms with Gasteiger partial charge in [0.05, 0.1) is 6.26 Å². The SMILES string of the molecule is C[C@H]([NH2+][C@@H](c1ccccc1)c1ccco1)C(=O)NC(=O)NC12CC3CC(CC(C3)C1)C2. The number of urea groups is 1. The number of furan rings is 1. The van der Waals surface area contributed by atoms with Gasteiger partial charge in [0.15, 0.2) is 17.8 Å². The molecule has 0 aliphatic heterocycles. The van der Waals surface area contributed by atoms with Gasteiger partial charge in [-0.15, -0.1) is 0 Å². The highest BCUT2D eigenvalue weighted by molar-refractivity contribution is 5.96. The molecule has 3 amide bonds. The Labute approximate surface area is 183 Å². The fraction of sp³-hybridized carbons (Fsp3) is 0.520. The van der Waals surface area contributed by atoms with Crippen LogP contribution in [0.25, 0.3) is 0 Å². The van der Waals surface area contributed by atoms with Crippen molar-refractivity contribution < 1.29 is 19.3 Å². The number of quaternary nitrogens is 1. The maximum atomic E-state index is 12.8. The zero-order valence-electron chi connectivity index (χ0n) is 18.1. The van der Waals surface area contributed by atoms with Crippen LogP contribution < -0.4 is 16.0 Å². The fourth-order valence-electron chi connectivity index (χ4n) is 6.64. The molecule has 1 aromatic carbocycles. The van der Waals surface area contributed by atoms with E-state index >= 15 is 0 Å². The Balaban J connectivity index is 1.21. The van der Waals surface area contributed by atoms with Gasteiger partial charge >= 0.3 is 6.03 Å². The van der Waals surface area contributed by atoms with E-state index in [9.17, 15) is 9.59 Å². The molecule has 164 valence electrons. The van der Waals surface area contributed by atoms with Crippen molar-refractivity contribution in [3.63, 3.8) is 0 Å². The van der Waals surface area contributed by atoms with Gasteiger partial charge in [-0.2, -0.15) is 0 Å². The lowest BCUT2D eigenvalue weighted by Crippen LogP contribution is -2.93. The van der Waals surface area contributed by atoms with Gasteiger partial charge in [0.25, 0.3) is 5.91 Å². The Bertz CT molecular complexity index is 889. The van der Waals surface area contributed by atoms with Crippen LogP contribution in [0.3, 0.4) is 0 Å². The third-order valence-electron chi connectivity index (χ3n) is 7.56. The summed E-state index contributed by atoms with van der Waals surface area (Å²) in [6.45, 7) is 1.83. The van der Waals surface area contributed by atoms with Gasteiger partial charge in [0.2, 0.25) is 0 Å². The molecule has 4 N–H and O–H groups in total. The number of hydrogen-bond acceptors (Lipinski definition) is 3. The van der Waals surface area contributed by atoms with Gasteiger partial charge in [0, 0.05) is 11.1 Å². The predicted octanol–water partition coefficient (Wildman–Crippen LogP) is 3.12. The Kier molecular flexibility index (Phi) is 5.34. The quantitative estimate of drug-likeness (QED) is 0.668. The van der Waals surface area contributed by atoms with Gasteiger partial charge in [-0.1, -0.05) is 30.3 Å². The Morgan fingerprint density at radius 2 is 1.65 bits per heavy atom. The lowest BCUT2D eigenvalue weighted by molar-refractivity contribution is -0.706. The lowest BCUT2D eigenvalue weighted by atomic mass is 9.53. The van der Waals surface area contributed by atoms with Crippen LogP contribution >= 0.6 is 0 Å². The molecule has 2 aromatic rings. The number of carbonyl (C=O) groups excluding carboxylic acids is 2. The van der Waals surface area contributed by atoms with Crippen molar-refractivity contribution in [3.05, 3.63) is 60.1 Å². The molecular weight excluding hydrogens is 390 g/mol. The second-order valence-corrected chi connectivity index (χ2v) is 10.0. The van der Waals surface area contributed by atoms with Crippen LogP contribution in [-0.2, 0) is 4.79 Å². The van der Waals surface area contributed by atoms with Gasteiger partial charge < -0.3 is 15.1 Å². The molecule has 4 fully saturated rings. The number of rotatable bonds is 6. The van der Waals surface area contributed by atoms with Crippen molar-refractivity contribution >= 4 is 11.9 Å². The first kappa shape index (κ1) is 20.3. The fourth-order valence-corrected chi connectivity index (χ4v) is 6.64. The number of carbonyl (C=O) groups is 2. The molecule has 0 unspecified atom stereocenters. The highest BCUT2D eigenvalue weighted by Gasteiger charge is 2.51. The summed E-state index contributed by atoms with van der Waals surface area (Å²) in [4.78, 5) is 25.6. The lowest BCUT2D eigenvalue weighted by Gasteiger charge is -2.56. The summed E-state index contributed by atoms with van der Waals surface area (Å²) in [5.74, 6) is 2.73. The molecule has 4 aliphatic rings. The minimum absolute atomic E-state index is 0.104. The van der Waals surface area contributed by atoms with Crippen LogP contribution in [0, 0.1) is 17.8 Å². The van der Waals surface area contributed by atoms with Crippen LogP contribution in [0.15, 0.2) is 53.1 Å². The highest BCUT2D eigenvalue weighted by atomic mass is 16.3. The van der Waals surface area contributed by atoms with E-state index in [1.807, 2.05) is 54.7 Å². The second-order valence-electron chi connectivity index (χ2n) is 10.0. The van der Waals surface area contributed by atoms with E-state index in [0.717, 1.165) is 48.3 Å². The third kappa shape index (κ3) is 4.26. The summed E-state index contributed by atoms with van der Waals surface area (Å²) in [7, 11) is 0. The molecule has 6 heteroatoms. The number of hydrogen-bond donors (Lipinski definition) is 3. The summed E-state index contributed by atoms with van der Waals surface area (Å²) in [6, 6.07) is 12.8. The van der Waals surface area contributed by atoms with Crippen molar-refractivity contribution in [1.29, 1.82) is 0 Å². The van der Waals surface area contributed by atoms with E-state index in [0.29, 0.717) is 0 Å². The first-order chi connectivity index (χ1) is 15.0. The number of nitrogens with two attached hydrogens (primary N) is 1. The number of amides is 3. The molecule has 4 saturated carbocycles. The van der Waals surface area contributed by atoms with Gasteiger partial charge in [-0.3, -0.25) is 10.1 Å². The van der Waals surface area contributed by atoms with Gasteiger partial charge in [0.1, 0.15) is 0 Å². The first-order valence-electron chi connectivity index (χ1n) is 11.6. The molecule has 1 heterocycles. The molecule has 0 saturated heterocycles. The van der Waals surface area contributed by atoms with Crippen molar-refractivity contribution in [2.24, 2.45) is 17.8 Å². The molecule has 4 aliphatic carbocycles. The van der Waals surface area contributed by atoms with Crippen molar-refractivity contribution in [1.82, 2.24) is 10.6 Å². The topological polar surface area (TPSA) is 88.0 Å². The van der Waals surface area contributed by atoms with Crippen LogP contribution in [0.1, 0.15) is 62.8 Å². The Hall–Kier alpha value is -2.60. The highest BCUT2D eigenvalue weighted by Crippen LogP contribution is 2.55. The number of imide groups is 1. The molecule has 4 bridgehead atoms. The zero-order valence-corrected chi connectivity index (χ0v) is 18.1. The van der Waals surface area contributed by atoms with Crippen LogP contribution in [-0.4, -0.2) is 23.5 Å². The smallest absolute Gasteiger partial charge is 0.322 e.